The van der Waals surface area contributed by atoms with Crippen LogP contribution in [0.5, 0.6) is 0 Å². The molecule has 1 aliphatic carbocycles. The molecule has 1 saturated carbocycles. The van der Waals surface area contributed by atoms with E-state index in [1.807, 2.05) is 0 Å². The van der Waals surface area contributed by atoms with Gasteiger partial charge < -0.3 is 20.5 Å². The van der Waals surface area contributed by atoms with E-state index < -0.39 is 5.97 Å². The number of hydrogen-bond donors (Lipinski definition) is 2. The van der Waals surface area contributed by atoms with Gasteiger partial charge in [-0.2, -0.15) is 0 Å². The first-order chi connectivity index (χ1) is 7.66. The molecule has 0 spiro atoms. The average molecular weight is 246 g/mol. The summed E-state index contributed by atoms with van der Waals surface area (Å²) in [6.07, 6.45) is 4.10. The molecule has 16 heavy (non-hydrogen) atoms. The molecule has 0 bridgehead atoms. The molecule has 0 aromatic rings. The maximum Gasteiger partial charge on any atom is 0.0552 e. The number of rotatable bonds is 3. The number of fused-ring (bicyclic) bond motifs is 1. The van der Waals surface area contributed by atoms with E-state index in [1.54, 1.807) is 0 Å². The van der Waals surface area contributed by atoms with Crippen molar-refractivity contribution in [2.45, 2.75) is 43.1 Å². The molecule has 5 heteroatoms. The second-order valence-corrected chi connectivity index (χ2v) is 5.40. The molecule has 0 aromatic carbocycles. The van der Waals surface area contributed by atoms with Crippen molar-refractivity contribution in [3.8, 4) is 0 Å². The fraction of sp³-hybridized carbons (Fsp3) is 0.909. The molecule has 1 aliphatic heterocycles. The van der Waals surface area contributed by atoms with E-state index in [0.29, 0.717) is 18.0 Å². The fourth-order valence-electron chi connectivity index (χ4n) is 2.97. The molecular weight excluding hydrogens is 228 g/mol. The van der Waals surface area contributed by atoms with E-state index in [-0.39, 0.29) is 11.9 Å². The van der Waals surface area contributed by atoms with Gasteiger partial charge in [0.15, 0.2) is 0 Å². The van der Waals surface area contributed by atoms with Gasteiger partial charge in [-0.25, -0.2) is 0 Å². The Balaban J connectivity index is 1.90. The lowest BCUT2D eigenvalue weighted by atomic mass is 9.76. The number of carbonyl (C=O) groups is 1. The van der Waals surface area contributed by atoms with E-state index in [1.165, 1.54) is 0 Å². The van der Waals surface area contributed by atoms with E-state index in [0.717, 1.165) is 32.2 Å². The third-order valence-electron chi connectivity index (χ3n) is 3.73. The van der Waals surface area contributed by atoms with Crippen molar-refractivity contribution in [2.24, 2.45) is 5.92 Å². The minimum Gasteiger partial charge on any atom is -0.549 e. The molecule has 0 radical (unpaired) electrons. The average Bonchev–Trinajstić information content (AvgIpc) is 2.25. The minimum atomic E-state index is -1.03. The summed E-state index contributed by atoms with van der Waals surface area (Å²) in [6.45, 7) is 0.897. The van der Waals surface area contributed by atoms with Crippen molar-refractivity contribution in [1.82, 2.24) is 10.6 Å². The van der Waals surface area contributed by atoms with Gasteiger partial charge in [-0.1, -0.05) is 0 Å². The maximum atomic E-state index is 10.4. The zero-order valence-corrected chi connectivity index (χ0v) is 10.0. The predicted molar refractivity (Wildman–Crippen MR) is 60.2 cm³/mol. The molecule has 4 atom stereocenters. The lowest BCUT2D eigenvalue weighted by Crippen LogP contribution is -2.57. The van der Waals surface area contributed by atoms with Crippen molar-refractivity contribution in [2.75, 3.05) is 13.1 Å². The third-order valence-corrected chi connectivity index (χ3v) is 4.12. The summed E-state index contributed by atoms with van der Waals surface area (Å²) < 4.78 is 0. The van der Waals surface area contributed by atoms with Crippen LogP contribution < -0.4 is 15.7 Å². The van der Waals surface area contributed by atoms with Crippen molar-refractivity contribution < 1.29 is 9.90 Å². The summed E-state index contributed by atoms with van der Waals surface area (Å²) >= 11 is 6.15. The number of alkyl halides is 1. The molecule has 1 heterocycles. The van der Waals surface area contributed by atoms with Crippen LogP contribution in [0.1, 0.15) is 25.7 Å². The highest BCUT2D eigenvalue weighted by atomic mass is 35.5. The highest BCUT2D eigenvalue weighted by molar-refractivity contribution is 6.20. The normalized spacial score (nSPS) is 39.1. The van der Waals surface area contributed by atoms with E-state index >= 15 is 0 Å². The van der Waals surface area contributed by atoms with Gasteiger partial charge in [0.05, 0.1) is 5.97 Å². The molecule has 0 amide bonds. The minimum absolute atomic E-state index is 0.0435. The number of carboxylic acid groups (broad SMARTS) is 1. The Hall–Kier alpha value is -0.320. The fourth-order valence-corrected chi connectivity index (χ4v) is 3.28. The molecule has 1 saturated heterocycles. The number of carbonyl (C=O) groups excluding carboxylic acids is 1. The topological polar surface area (TPSA) is 64.2 Å². The molecule has 2 rings (SSSR count). The summed E-state index contributed by atoms with van der Waals surface area (Å²) in [5.41, 5.74) is 0. The van der Waals surface area contributed by atoms with Gasteiger partial charge in [-0.3, -0.25) is 0 Å². The quantitative estimate of drug-likeness (QED) is 0.656. The van der Waals surface area contributed by atoms with E-state index in [2.05, 4.69) is 10.6 Å². The Bertz CT molecular complexity index is 262. The van der Waals surface area contributed by atoms with Gasteiger partial charge in [-0.15, -0.1) is 11.6 Å². The van der Waals surface area contributed by atoms with Gasteiger partial charge in [0.2, 0.25) is 0 Å². The van der Waals surface area contributed by atoms with Crippen LogP contribution in [0.2, 0.25) is 0 Å². The standard InChI is InChI=1S/C11H19ClN2O2/c12-7-1-2-8-9(14-6-11(15)16)3-4-13-10(8)5-7/h7-10,13-14H,1-6H2,(H,15,16)/p-1. The maximum absolute atomic E-state index is 10.4. The highest BCUT2D eigenvalue weighted by Crippen LogP contribution is 2.33. The third kappa shape index (κ3) is 2.87. The molecule has 0 aromatic heterocycles. The summed E-state index contributed by atoms with van der Waals surface area (Å²) in [4.78, 5) is 10.4. The van der Waals surface area contributed by atoms with E-state index in [9.17, 15) is 9.90 Å². The van der Waals surface area contributed by atoms with Crippen LogP contribution >= 0.6 is 11.6 Å². The Morgan fingerprint density at radius 3 is 3.00 bits per heavy atom. The smallest absolute Gasteiger partial charge is 0.0552 e. The number of aliphatic carboxylic acids is 1. The number of carboxylic acids is 1. The van der Waals surface area contributed by atoms with Gasteiger partial charge in [0.1, 0.15) is 0 Å². The predicted octanol–water partition coefficient (Wildman–Crippen LogP) is -0.536. The molecule has 2 N–H and O–H groups in total. The van der Waals surface area contributed by atoms with Crippen molar-refractivity contribution >= 4 is 17.6 Å². The molecule has 4 unspecified atom stereocenters. The van der Waals surface area contributed by atoms with Gasteiger partial charge in [0, 0.05) is 24.0 Å². The monoisotopic (exact) mass is 245 g/mol. The zero-order chi connectivity index (χ0) is 11.5. The zero-order valence-electron chi connectivity index (χ0n) is 9.25. The van der Waals surface area contributed by atoms with E-state index in [4.69, 9.17) is 11.6 Å². The van der Waals surface area contributed by atoms with Crippen molar-refractivity contribution in [3.63, 3.8) is 0 Å². The number of hydrogen-bond acceptors (Lipinski definition) is 4. The molecule has 2 fully saturated rings. The first-order valence-electron chi connectivity index (χ1n) is 5.97. The SMILES string of the molecule is O=C([O-])CNC1CCNC2CC(Cl)CCC12. The number of nitrogens with one attached hydrogen (secondary N) is 2. The second-order valence-electron chi connectivity index (χ2n) is 4.78. The first kappa shape index (κ1) is 12.1. The van der Waals surface area contributed by atoms with Crippen LogP contribution in [-0.2, 0) is 4.79 Å². The lowest BCUT2D eigenvalue weighted by Gasteiger charge is -2.43. The largest absolute Gasteiger partial charge is 0.549 e. The molecule has 4 nitrogen and oxygen atoms in total. The highest BCUT2D eigenvalue weighted by Gasteiger charge is 2.36. The summed E-state index contributed by atoms with van der Waals surface area (Å²) in [5.74, 6) is -0.510. The summed E-state index contributed by atoms with van der Waals surface area (Å²) in [6, 6.07) is 0.748. The van der Waals surface area contributed by atoms with Crippen LogP contribution in [0.3, 0.4) is 0 Å². The van der Waals surface area contributed by atoms with Gasteiger partial charge in [-0.05, 0) is 38.1 Å². The number of piperidine rings is 1. The van der Waals surface area contributed by atoms with Gasteiger partial charge in [0.25, 0.3) is 0 Å². The molecule has 2 aliphatic rings. The van der Waals surface area contributed by atoms with Crippen LogP contribution in [0.25, 0.3) is 0 Å². The lowest BCUT2D eigenvalue weighted by molar-refractivity contribution is -0.304. The molecular formula is C11H18ClN2O2-. The molecule has 92 valence electrons. The van der Waals surface area contributed by atoms with Crippen LogP contribution in [0.15, 0.2) is 0 Å². The van der Waals surface area contributed by atoms with Crippen LogP contribution in [-0.4, -0.2) is 36.5 Å². The number of halogens is 1. The Kier molecular flexibility index (Phi) is 4.05. The summed E-state index contributed by atoms with van der Waals surface area (Å²) in [5, 5.41) is 17.3. The summed E-state index contributed by atoms with van der Waals surface area (Å²) in [7, 11) is 0. The van der Waals surface area contributed by atoms with Crippen LogP contribution in [0, 0.1) is 5.92 Å². The van der Waals surface area contributed by atoms with Crippen LogP contribution in [0.4, 0.5) is 0 Å². The Morgan fingerprint density at radius 1 is 1.44 bits per heavy atom. The first-order valence-corrected chi connectivity index (χ1v) is 6.41. The van der Waals surface area contributed by atoms with Crippen molar-refractivity contribution in [3.05, 3.63) is 0 Å². The Labute approximate surface area is 101 Å². The Morgan fingerprint density at radius 2 is 2.25 bits per heavy atom. The van der Waals surface area contributed by atoms with Gasteiger partial charge >= 0.3 is 0 Å². The van der Waals surface area contributed by atoms with Crippen molar-refractivity contribution in [1.29, 1.82) is 0 Å². The second kappa shape index (κ2) is 5.34.